The van der Waals surface area contributed by atoms with Gasteiger partial charge in [-0.05, 0) is 18.1 Å². The molecule has 0 aliphatic rings. The molecule has 68 valence electrons. The summed E-state index contributed by atoms with van der Waals surface area (Å²) in [5.74, 6) is 2.35. The second-order valence-electron chi connectivity index (χ2n) is 3.43. The van der Waals surface area contributed by atoms with Crippen molar-refractivity contribution in [2.75, 3.05) is 0 Å². The van der Waals surface area contributed by atoms with Gasteiger partial charge in [-0.1, -0.05) is 20.8 Å². The van der Waals surface area contributed by atoms with Crippen LogP contribution < -0.4 is 5.73 Å². The van der Waals surface area contributed by atoms with Crippen molar-refractivity contribution in [3.05, 3.63) is 23.7 Å². The first kappa shape index (κ1) is 9.33. The molecule has 0 fully saturated rings. The molecule has 0 saturated heterocycles. The third-order valence-corrected chi connectivity index (χ3v) is 2.08. The highest BCUT2D eigenvalue weighted by Crippen LogP contribution is 2.21. The van der Waals surface area contributed by atoms with Gasteiger partial charge in [0.25, 0.3) is 0 Å². The van der Waals surface area contributed by atoms with E-state index < -0.39 is 0 Å². The molecule has 0 saturated carbocycles. The highest BCUT2D eigenvalue weighted by atomic mass is 16.3. The molecule has 1 unspecified atom stereocenters. The third kappa shape index (κ3) is 1.89. The van der Waals surface area contributed by atoms with E-state index in [1.54, 1.807) is 0 Å². The van der Waals surface area contributed by atoms with Crippen molar-refractivity contribution in [2.45, 2.75) is 33.2 Å². The van der Waals surface area contributed by atoms with Crippen LogP contribution in [0.5, 0.6) is 0 Å². The van der Waals surface area contributed by atoms with E-state index in [1.807, 2.05) is 12.1 Å². The summed E-state index contributed by atoms with van der Waals surface area (Å²) in [6.45, 7) is 6.27. The molecule has 0 spiro atoms. The summed E-state index contributed by atoms with van der Waals surface area (Å²) in [4.78, 5) is 0. The molecule has 12 heavy (non-hydrogen) atoms. The molecular weight excluding hydrogens is 150 g/mol. The van der Waals surface area contributed by atoms with E-state index in [1.165, 1.54) is 0 Å². The number of hydrogen-bond acceptors (Lipinski definition) is 2. The first-order chi connectivity index (χ1) is 5.65. The Hall–Kier alpha value is -0.760. The van der Waals surface area contributed by atoms with Crippen LogP contribution >= 0.6 is 0 Å². The molecule has 2 N–H and O–H groups in total. The van der Waals surface area contributed by atoms with Crippen molar-refractivity contribution in [3.63, 3.8) is 0 Å². The van der Waals surface area contributed by atoms with Crippen LogP contribution in [0.3, 0.4) is 0 Å². The van der Waals surface area contributed by atoms with Crippen molar-refractivity contribution in [2.24, 2.45) is 11.7 Å². The zero-order valence-electron chi connectivity index (χ0n) is 8.00. The lowest BCUT2D eigenvalue weighted by Gasteiger charge is -2.11. The third-order valence-electron chi connectivity index (χ3n) is 2.08. The Bertz CT molecular complexity index is 240. The van der Waals surface area contributed by atoms with Crippen LogP contribution in [-0.4, -0.2) is 0 Å². The lowest BCUT2D eigenvalue weighted by Crippen LogP contribution is -2.15. The zero-order valence-corrected chi connectivity index (χ0v) is 8.00. The Kier molecular flexibility index (Phi) is 2.93. The zero-order chi connectivity index (χ0) is 9.14. The largest absolute Gasteiger partial charge is 0.464 e. The average molecular weight is 167 g/mol. The van der Waals surface area contributed by atoms with Gasteiger partial charge in [0, 0.05) is 6.42 Å². The highest BCUT2D eigenvalue weighted by Gasteiger charge is 2.13. The van der Waals surface area contributed by atoms with E-state index in [0.29, 0.717) is 5.92 Å². The Labute approximate surface area is 73.8 Å². The minimum absolute atomic E-state index is 0.0327. The van der Waals surface area contributed by atoms with Gasteiger partial charge in [0.15, 0.2) is 0 Å². The van der Waals surface area contributed by atoms with E-state index in [0.717, 1.165) is 17.9 Å². The molecule has 1 heterocycles. The molecule has 1 aromatic heterocycles. The summed E-state index contributed by atoms with van der Waals surface area (Å²) in [6.07, 6.45) is 0.935. The molecule has 1 atom stereocenters. The van der Waals surface area contributed by atoms with E-state index in [9.17, 15) is 0 Å². The van der Waals surface area contributed by atoms with Crippen LogP contribution in [0.1, 0.15) is 38.3 Å². The van der Waals surface area contributed by atoms with Gasteiger partial charge in [0.1, 0.15) is 11.5 Å². The fourth-order valence-corrected chi connectivity index (χ4v) is 1.09. The van der Waals surface area contributed by atoms with Gasteiger partial charge in [-0.3, -0.25) is 0 Å². The summed E-state index contributed by atoms with van der Waals surface area (Å²) >= 11 is 0. The molecule has 0 amide bonds. The van der Waals surface area contributed by atoms with E-state index in [-0.39, 0.29) is 6.04 Å². The summed E-state index contributed by atoms with van der Waals surface area (Å²) < 4.78 is 5.53. The van der Waals surface area contributed by atoms with E-state index in [2.05, 4.69) is 20.8 Å². The van der Waals surface area contributed by atoms with Crippen LogP contribution in [0.15, 0.2) is 16.5 Å². The molecule has 0 bridgehead atoms. The second-order valence-corrected chi connectivity index (χ2v) is 3.43. The molecule has 0 aliphatic carbocycles. The molecular formula is C10H17NO. The van der Waals surface area contributed by atoms with Crippen molar-refractivity contribution in [3.8, 4) is 0 Å². The molecule has 0 aliphatic heterocycles. The lowest BCUT2D eigenvalue weighted by atomic mass is 10.0. The molecule has 1 rings (SSSR count). The summed E-state index contributed by atoms with van der Waals surface area (Å²) in [6, 6.07) is 4.01. The summed E-state index contributed by atoms with van der Waals surface area (Å²) in [5.41, 5.74) is 5.91. The van der Waals surface area contributed by atoms with Crippen LogP contribution in [0, 0.1) is 5.92 Å². The topological polar surface area (TPSA) is 39.2 Å². The molecule has 2 nitrogen and oxygen atoms in total. The Balaban J connectivity index is 2.74. The van der Waals surface area contributed by atoms with Gasteiger partial charge in [0.05, 0.1) is 6.04 Å². The van der Waals surface area contributed by atoms with Gasteiger partial charge in [-0.2, -0.15) is 0 Å². The van der Waals surface area contributed by atoms with E-state index >= 15 is 0 Å². The molecule has 2 heteroatoms. The maximum absolute atomic E-state index is 5.91. The smallest absolute Gasteiger partial charge is 0.121 e. The van der Waals surface area contributed by atoms with E-state index in [4.69, 9.17) is 10.2 Å². The van der Waals surface area contributed by atoms with Crippen LogP contribution in [0.4, 0.5) is 0 Å². The molecule has 0 radical (unpaired) electrons. The van der Waals surface area contributed by atoms with Gasteiger partial charge in [0.2, 0.25) is 0 Å². The van der Waals surface area contributed by atoms with Gasteiger partial charge >= 0.3 is 0 Å². The number of hydrogen-bond donors (Lipinski definition) is 1. The molecule has 0 aromatic carbocycles. The predicted molar refractivity (Wildman–Crippen MR) is 49.9 cm³/mol. The first-order valence-corrected chi connectivity index (χ1v) is 4.49. The number of nitrogens with two attached hydrogens (primary N) is 1. The Morgan fingerprint density at radius 1 is 1.42 bits per heavy atom. The maximum Gasteiger partial charge on any atom is 0.121 e. The SMILES string of the molecule is CCc1ccc(C(N)C(C)C)o1. The van der Waals surface area contributed by atoms with Crippen molar-refractivity contribution in [1.29, 1.82) is 0 Å². The lowest BCUT2D eigenvalue weighted by molar-refractivity contribution is 0.385. The number of furan rings is 1. The Morgan fingerprint density at radius 2 is 2.08 bits per heavy atom. The van der Waals surface area contributed by atoms with Gasteiger partial charge in [-0.25, -0.2) is 0 Å². The predicted octanol–water partition coefficient (Wildman–Crippen LogP) is 2.50. The minimum Gasteiger partial charge on any atom is -0.464 e. The number of rotatable bonds is 3. The maximum atomic E-state index is 5.91. The fourth-order valence-electron chi connectivity index (χ4n) is 1.09. The quantitative estimate of drug-likeness (QED) is 0.751. The van der Waals surface area contributed by atoms with Gasteiger partial charge < -0.3 is 10.2 Å². The summed E-state index contributed by atoms with van der Waals surface area (Å²) in [5, 5.41) is 0. The van der Waals surface area contributed by atoms with Crippen LogP contribution in [0.25, 0.3) is 0 Å². The van der Waals surface area contributed by atoms with Crippen LogP contribution in [0.2, 0.25) is 0 Å². The fraction of sp³-hybridized carbons (Fsp3) is 0.600. The summed E-state index contributed by atoms with van der Waals surface area (Å²) in [7, 11) is 0. The highest BCUT2D eigenvalue weighted by molar-refractivity contribution is 5.10. The van der Waals surface area contributed by atoms with Crippen molar-refractivity contribution in [1.82, 2.24) is 0 Å². The van der Waals surface area contributed by atoms with Crippen molar-refractivity contribution < 1.29 is 4.42 Å². The monoisotopic (exact) mass is 167 g/mol. The average Bonchev–Trinajstić information content (AvgIpc) is 2.50. The molecule has 1 aromatic rings. The van der Waals surface area contributed by atoms with Crippen LogP contribution in [-0.2, 0) is 6.42 Å². The normalized spacial score (nSPS) is 13.8. The van der Waals surface area contributed by atoms with Gasteiger partial charge in [-0.15, -0.1) is 0 Å². The first-order valence-electron chi connectivity index (χ1n) is 4.49. The second kappa shape index (κ2) is 3.76. The van der Waals surface area contributed by atoms with Crippen molar-refractivity contribution >= 4 is 0 Å². The minimum atomic E-state index is 0.0327. The Morgan fingerprint density at radius 3 is 2.50 bits per heavy atom. The standard InChI is InChI=1S/C10H17NO/c1-4-8-5-6-9(12-8)10(11)7(2)3/h5-7,10H,4,11H2,1-3H3. The number of aryl methyl sites for hydroxylation is 1.